The molecule has 2 aromatic carbocycles. The molecule has 4 rings (SSSR count). The Hall–Kier alpha value is -4.31. The zero-order chi connectivity index (χ0) is 28.3. The van der Waals surface area contributed by atoms with Crippen LogP contribution in [0.15, 0.2) is 42.6 Å². The average molecular weight is 557 g/mol. The number of carbonyl (C=O) groups is 2. The third-order valence-electron chi connectivity index (χ3n) is 6.05. The van der Waals surface area contributed by atoms with E-state index < -0.39 is 42.0 Å². The normalized spacial score (nSPS) is 13.3. The van der Waals surface area contributed by atoms with E-state index in [0.29, 0.717) is 11.1 Å². The van der Waals surface area contributed by atoms with Gasteiger partial charge in [0.15, 0.2) is 11.6 Å². The van der Waals surface area contributed by atoms with E-state index >= 15 is 8.78 Å². The smallest absolute Gasteiger partial charge is 0.334 e. The van der Waals surface area contributed by atoms with Gasteiger partial charge in [-0.2, -0.15) is 5.26 Å². The van der Waals surface area contributed by atoms with Crippen molar-refractivity contribution >= 4 is 46.5 Å². The van der Waals surface area contributed by atoms with E-state index in [0.717, 1.165) is 17.0 Å². The van der Waals surface area contributed by atoms with Crippen LogP contribution in [0.25, 0.3) is 11.1 Å². The summed E-state index contributed by atoms with van der Waals surface area (Å²) in [4.78, 5) is 31.2. The molecule has 0 saturated carbocycles. The van der Waals surface area contributed by atoms with Gasteiger partial charge in [-0.05, 0) is 37.3 Å². The summed E-state index contributed by atoms with van der Waals surface area (Å²) in [5.41, 5.74) is 0.488. The lowest BCUT2D eigenvalue weighted by Crippen LogP contribution is -2.42. The van der Waals surface area contributed by atoms with Crippen LogP contribution in [-0.4, -0.2) is 59.5 Å². The summed E-state index contributed by atoms with van der Waals surface area (Å²) < 4.78 is 31.2. The van der Waals surface area contributed by atoms with Crippen molar-refractivity contribution in [3.05, 3.63) is 64.8 Å². The Balaban J connectivity index is 1.75. The summed E-state index contributed by atoms with van der Waals surface area (Å²) in [5, 5.41) is 33.2. The predicted molar refractivity (Wildman–Crippen MR) is 141 cm³/mol. The maximum absolute atomic E-state index is 15.6. The molecule has 0 fully saturated rings. The number of amides is 2. The first-order valence-corrected chi connectivity index (χ1v) is 12.2. The maximum Gasteiger partial charge on any atom is 0.334 e. The zero-order valence-electron chi connectivity index (χ0n) is 20.6. The lowest BCUT2D eigenvalue weighted by atomic mass is 10.0. The Bertz CT molecular complexity index is 1460. The highest BCUT2D eigenvalue weighted by Crippen LogP contribution is 2.45. The quantitative estimate of drug-likeness (QED) is 0.289. The monoisotopic (exact) mass is 556 g/mol. The fourth-order valence-corrected chi connectivity index (χ4v) is 4.40. The third kappa shape index (κ3) is 5.46. The maximum atomic E-state index is 15.6. The van der Waals surface area contributed by atoms with E-state index in [2.05, 4.69) is 15.6 Å². The number of urea groups is 1. The van der Waals surface area contributed by atoms with Crippen molar-refractivity contribution in [3.8, 4) is 17.2 Å². The van der Waals surface area contributed by atoms with Gasteiger partial charge in [0.25, 0.3) is 0 Å². The molecule has 0 aliphatic carbocycles. The van der Waals surface area contributed by atoms with Crippen molar-refractivity contribution in [1.29, 1.82) is 5.26 Å². The Morgan fingerprint density at radius 2 is 1.90 bits per heavy atom. The summed E-state index contributed by atoms with van der Waals surface area (Å²) in [6.07, 6.45) is 1.37. The van der Waals surface area contributed by atoms with Crippen molar-refractivity contribution in [2.24, 2.45) is 0 Å². The topological polar surface area (TPSA) is 142 Å². The number of nitriles is 1. The number of anilines is 4. The van der Waals surface area contributed by atoms with Crippen LogP contribution in [-0.2, 0) is 4.79 Å². The molecule has 0 spiro atoms. The summed E-state index contributed by atoms with van der Waals surface area (Å²) in [6.45, 7) is 1.36. The van der Waals surface area contributed by atoms with E-state index in [1.165, 1.54) is 23.2 Å². The molecule has 13 heteroatoms. The number of aromatic nitrogens is 1. The second kappa shape index (κ2) is 11.6. The van der Waals surface area contributed by atoms with Crippen LogP contribution in [0, 0.1) is 23.0 Å². The summed E-state index contributed by atoms with van der Waals surface area (Å²) in [5.74, 6) is -3.10. The first-order valence-electron chi connectivity index (χ1n) is 11.8. The number of carbonyl (C=O) groups excluding carboxylic acids is 1. The molecule has 1 aliphatic heterocycles. The molecule has 0 saturated heterocycles. The number of aliphatic carboxylic acids is 1. The largest absolute Gasteiger partial charge is 0.480 e. The minimum atomic E-state index is -1.23. The van der Waals surface area contributed by atoms with Gasteiger partial charge in [0.05, 0.1) is 28.9 Å². The summed E-state index contributed by atoms with van der Waals surface area (Å²) in [6, 6.07) is 8.08. The molecular weight excluding hydrogens is 534 g/mol. The Kier molecular flexibility index (Phi) is 8.25. The van der Waals surface area contributed by atoms with Crippen LogP contribution < -0.4 is 20.4 Å². The van der Waals surface area contributed by atoms with Gasteiger partial charge in [0.2, 0.25) is 0 Å². The summed E-state index contributed by atoms with van der Waals surface area (Å²) >= 11 is 6.19. The molecular formula is C26H23ClF2N6O4. The number of carboxylic acids is 1. The molecule has 2 heterocycles. The lowest BCUT2D eigenvalue weighted by Gasteiger charge is -2.28. The molecule has 39 heavy (non-hydrogen) atoms. The molecule has 1 aromatic heterocycles. The van der Waals surface area contributed by atoms with E-state index in [1.807, 2.05) is 6.07 Å². The number of rotatable bonds is 9. The second-order valence-electron chi connectivity index (χ2n) is 8.47. The van der Waals surface area contributed by atoms with Crippen LogP contribution in [0.2, 0.25) is 5.02 Å². The van der Waals surface area contributed by atoms with Gasteiger partial charge in [0, 0.05) is 42.6 Å². The molecule has 0 bridgehead atoms. The van der Waals surface area contributed by atoms with E-state index in [-0.39, 0.29) is 47.4 Å². The van der Waals surface area contributed by atoms with Crippen molar-refractivity contribution in [1.82, 2.24) is 10.3 Å². The Morgan fingerprint density at radius 1 is 1.18 bits per heavy atom. The fraction of sp³-hybridized carbons (Fsp3) is 0.231. The van der Waals surface area contributed by atoms with E-state index in [9.17, 15) is 14.9 Å². The number of fused-ring (bicyclic) bond motifs is 3. The number of nitrogens with one attached hydrogen (secondary N) is 2. The molecule has 3 aromatic rings. The van der Waals surface area contributed by atoms with Gasteiger partial charge in [-0.25, -0.2) is 18.6 Å². The number of halogens is 3. The van der Waals surface area contributed by atoms with Crippen molar-refractivity contribution in [3.63, 3.8) is 0 Å². The van der Waals surface area contributed by atoms with E-state index in [1.54, 1.807) is 19.1 Å². The van der Waals surface area contributed by atoms with Crippen LogP contribution in [0.5, 0.6) is 0 Å². The fourth-order valence-electron chi connectivity index (χ4n) is 4.24. The van der Waals surface area contributed by atoms with E-state index in [4.69, 9.17) is 21.8 Å². The van der Waals surface area contributed by atoms with Crippen LogP contribution in [0.1, 0.15) is 12.5 Å². The minimum Gasteiger partial charge on any atom is -0.480 e. The Morgan fingerprint density at radius 3 is 2.51 bits per heavy atom. The lowest BCUT2D eigenvalue weighted by molar-refractivity contribution is -0.140. The Labute approximate surface area is 227 Å². The zero-order valence-corrected chi connectivity index (χ0v) is 21.3. The third-order valence-corrected chi connectivity index (χ3v) is 6.26. The number of aliphatic hydroxyl groups is 1. The highest BCUT2D eigenvalue weighted by molar-refractivity contribution is 6.31. The number of aliphatic hydroxyl groups excluding tert-OH is 1. The van der Waals surface area contributed by atoms with Crippen molar-refractivity contribution < 1.29 is 28.6 Å². The van der Waals surface area contributed by atoms with Crippen LogP contribution in [0.4, 0.5) is 36.5 Å². The minimum absolute atomic E-state index is 0.0452. The van der Waals surface area contributed by atoms with Gasteiger partial charge < -0.3 is 20.8 Å². The SMILES string of the molecule is CCN1C(=O)N(c2c(F)cc(NCCN[C@@H](CO)C(=O)O)cc2F)c2cc(C#N)ccc2-c2cc(Cl)cnc21. The van der Waals surface area contributed by atoms with Gasteiger partial charge in [0.1, 0.15) is 17.5 Å². The highest BCUT2D eigenvalue weighted by atomic mass is 35.5. The molecule has 2 amide bonds. The first kappa shape index (κ1) is 27.7. The predicted octanol–water partition coefficient (Wildman–Crippen LogP) is 4.10. The molecule has 1 aliphatic rings. The van der Waals surface area contributed by atoms with Gasteiger partial charge in [-0.3, -0.25) is 14.6 Å². The molecule has 10 nitrogen and oxygen atoms in total. The summed E-state index contributed by atoms with van der Waals surface area (Å²) in [7, 11) is 0. The first-order chi connectivity index (χ1) is 18.7. The number of hydrogen-bond acceptors (Lipinski definition) is 7. The average Bonchev–Trinajstić information content (AvgIpc) is 3.00. The van der Waals surface area contributed by atoms with Crippen LogP contribution >= 0.6 is 11.6 Å². The second-order valence-corrected chi connectivity index (χ2v) is 8.91. The highest BCUT2D eigenvalue weighted by Gasteiger charge is 2.36. The standard InChI is InChI=1S/C26H23ClF2N6O4/c1-2-34-24-18(8-15(27)12-33-24)17-4-3-14(11-30)7-22(17)35(26(34)39)23-19(28)9-16(10-20(23)29)31-5-6-32-21(13-36)25(37)38/h3-4,7-10,12,21,31-32,36H,2,5-6,13H2,1H3,(H,37,38)/t21-/m0/s1. The van der Waals surface area contributed by atoms with Crippen molar-refractivity contribution in [2.45, 2.75) is 13.0 Å². The number of pyridine rings is 1. The molecule has 0 unspecified atom stereocenters. The molecule has 202 valence electrons. The number of benzene rings is 2. The number of nitrogens with zero attached hydrogens (tertiary/aromatic N) is 4. The molecule has 1 atom stereocenters. The number of hydrogen-bond donors (Lipinski definition) is 4. The van der Waals surface area contributed by atoms with Crippen LogP contribution in [0.3, 0.4) is 0 Å². The van der Waals surface area contributed by atoms with Gasteiger partial charge in [-0.15, -0.1) is 0 Å². The van der Waals surface area contributed by atoms with Gasteiger partial charge in [-0.1, -0.05) is 17.7 Å². The van der Waals surface area contributed by atoms with Crippen molar-refractivity contribution in [2.75, 3.05) is 41.4 Å². The van der Waals surface area contributed by atoms with Gasteiger partial charge >= 0.3 is 12.0 Å². The molecule has 4 N–H and O–H groups in total. The molecule has 0 radical (unpaired) electrons. The number of carboxylic acid groups (broad SMARTS) is 1.